The number of hydrogen-bond acceptors (Lipinski definition) is 5. The van der Waals surface area contributed by atoms with E-state index in [2.05, 4.69) is 9.47 Å². The molecule has 0 saturated carbocycles. The number of ether oxygens (including phenoxy) is 3. The predicted octanol–water partition coefficient (Wildman–Crippen LogP) is 2.57. The average molecular weight is 324 g/mol. The van der Waals surface area contributed by atoms with Crippen molar-refractivity contribution in [3.05, 3.63) is 29.1 Å². The van der Waals surface area contributed by atoms with Crippen LogP contribution in [0.4, 0.5) is 17.6 Å². The highest BCUT2D eigenvalue weighted by Crippen LogP contribution is 2.35. The molecule has 122 valence electrons. The molecule has 1 aromatic rings. The minimum Gasteiger partial charge on any atom is -0.481 e. The second-order valence-corrected chi connectivity index (χ2v) is 3.91. The standard InChI is InChI=1S/C13H12F4O5/c1-3-21-10(18)6-22-9-5-7(13(15,16)17)4-8(14)11(9)12(19)20-2/h4-5H,3,6H2,1-2H3. The predicted molar refractivity (Wildman–Crippen MR) is 64.9 cm³/mol. The maximum absolute atomic E-state index is 13.8. The van der Waals surface area contributed by atoms with E-state index in [4.69, 9.17) is 4.74 Å². The van der Waals surface area contributed by atoms with Gasteiger partial charge in [0.1, 0.15) is 17.1 Å². The van der Waals surface area contributed by atoms with Crippen molar-refractivity contribution >= 4 is 11.9 Å². The van der Waals surface area contributed by atoms with Gasteiger partial charge in [0.25, 0.3) is 0 Å². The molecule has 0 aliphatic heterocycles. The molecule has 22 heavy (non-hydrogen) atoms. The Bertz CT molecular complexity index is 568. The largest absolute Gasteiger partial charge is 0.481 e. The van der Waals surface area contributed by atoms with Crippen LogP contribution in [-0.4, -0.2) is 32.3 Å². The van der Waals surface area contributed by atoms with Crippen LogP contribution in [0.25, 0.3) is 0 Å². The Balaban J connectivity index is 3.21. The summed E-state index contributed by atoms with van der Waals surface area (Å²) in [5, 5.41) is 0. The SMILES string of the molecule is CCOC(=O)COc1cc(C(F)(F)F)cc(F)c1C(=O)OC. The van der Waals surface area contributed by atoms with Crippen LogP contribution in [0.1, 0.15) is 22.8 Å². The van der Waals surface area contributed by atoms with Crippen LogP contribution in [0.2, 0.25) is 0 Å². The lowest BCUT2D eigenvalue weighted by Crippen LogP contribution is -2.18. The van der Waals surface area contributed by atoms with Gasteiger partial charge in [-0.1, -0.05) is 0 Å². The van der Waals surface area contributed by atoms with Crippen molar-refractivity contribution in [2.24, 2.45) is 0 Å². The average Bonchev–Trinajstić information content (AvgIpc) is 2.43. The lowest BCUT2D eigenvalue weighted by atomic mass is 10.1. The lowest BCUT2D eigenvalue weighted by Gasteiger charge is -2.14. The Morgan fingerprint density at radius 1 is 1.23 bits per heavy atom. The van der Waals surface area contributed by atoms with Gasteiger partial charge in [-0.3, -0.25) is 0 Å². The Morgan fingerprint density at radius 3 is 2.36 bits per heavy atom. The van der Waals surface area contributed by atoms with Gasteiger partial charge < -0.3 is 14.2 Å². The summed E-state index contributed by atoms with van der Waals surface area (Å²) >= 11 is 0. The second-order valence-electron chi connectivity index (χ2n) is 3.91. The summed E-state index contributed by atoms with van der Waals surface area (Å²) in [6, 6.07) is 0.554. The van der Waals surface area contributed by atoms with Crippen molar-refractivity contribution < 1.29 is 41.4 Å². The third kappa shape index (κ3) is 4.34. The molecule has 0 aromatic heterocycles. The molecular weight excluding hydrogens is 312 g/mol. The summed E-state index contributed by atoms with van der Waals surface area (Å²) in [4.78, 5) is 22.6. The van der Waals surface area contributed by atoms with E-state index in [0.717, 1.165) is 7.11 Å². The Kier molecular flexibility index (Phi) is 5.72. The summed E-state index contributed by atoms with van der Waals surface area (Å²) in [7, 11) is 0.925. The maximum Gasteiger partial charge on any atom is 0.416 e. The number of methoxy groups -OCH3 is 1. The zero-order valence-electron chi connectivity index (χ0n) is 11.6. The van der Waals surface area contributed by atoms with Crippen molar-refractivity contribution in [3.63, 3.8) is 0 Å². The molecule has 0 aliphatic rings. The van der Waals surface area contributed by atoms with Crippen LogP contribution >= 0.6 is 0 Å². The van der Waals surface area contributed by atoms with Crippen LogP contribution in [0, 0.1) is 5.82 Å². The first kappa shape index (κ1) is 17.7. The van der Waals surface area contributed by atoms with E-state index in [9.17, 15) is 27.2 Å². The van der Waals surface area contributed by atoms with E-state index < -0.39 is 47.4 Å². The summed E-state index contributed by atoms with van der Waals surface area (Å²) < 4.78 is 65.3. The van der Waals surface area contributed by atoms with Gasteiger partial charge in [0.05, 0.1) is 19.3 Å². The molecule has 0 unspecified atom stereocenters. The van der Waals surface area contributed by atoms with Gasteiger partial charge >= 0.3 is 18.1 Å². The summed E-state index contributed by atoms with van der Waals surface area (Å²) in [6.07, 6.45) is -4.85. The van der Waals surface area contributed by atoms with Crippen LogP contribution in [-0.2, 0) is 20.4 Å². The summed E-state index contributed by atoms with van der Waals surface area (Å²) in [5.74, 6) is -4.34. The van der Waals surface area contributed by atoms with Gasteiger partial charge in [0.2, 0.25) is 0 Å². The second kappa shape index (κ2) is 7.10. The van der Waals surface area contributed by atoms with Crippen molar-refractivity contribution in [2.45, 2.75) is 13.1 Å². The molecule has 5 nitrogen and oxygen atoms in total. The van der Waals surface area contributed by atoms with Gasteiger partial charge in [0.15, 0.2) is 6.61 Å². The normalized spacial score (nSPS) is 11.0. The number of halogens is 4. The first-order valence-corrected chi connectivity index (χ1v) is 5.98. The van der Waals surface area contributed by atoms with Gasteiger partial charge in [0, 0.05) is 0 Å². The first-order chi connectivity index (χ1) is 10.2. The molecule has 0 N–H and O–H groups in total. The Labute approximate surface area is 122 Å². The highest BCUT2D eigenvalue weighted by molar-refractivity contribution is 5.93. The van der Waals surface area contributed by atoms with Gasteiger partial charge in [-0.2, -0.15) is 13.2 Å². The van der Waals surface area contributed by atoms with E-state index in [1.54, 1.807) is 0 Å². The maximum atomic E-state index is 13.8. The van der Waals surface area contributed by atoms with Crippen molar-refractivity contribution in [3.8, 4) is 5.75 Å². The van der Waals surface area contributed by atoms with Gasteiger partial charge in [-0.25, -0.2) is 14.0 Å². The molecule has 1 rings (SSSR count). The zero-order valence-corrected chi connectivity index (χ0v) is 11.6. The van der Waals surface area contributed by atoms with Crippen LogP contribution in [0.15, 0.2) is 12.1 Å². The molecule has 0 radical (unpaired) electrons. The number of carbonyl (C=O) groups is 2. The monoisotopic (exact) mass is 324 g/mol. The fourth-order valence-corrected chi connectivity index (χ4v) is 1.50. The van der Waals surface area contributed by atoms with E-state index in [0.29, 0.717) is 6.07 Å². The molecule has 0 saturated heterocycles. The highest BCUT2D eigenvalue weighted by atomic mass is 19.4. The van der Waals surface area contributed by atoms with E-state index in [1.165, 1.54) is 6.92 Å². The minimum absolute atomic E-state index is 0.0308. The summed E-state index contributed by atoms with van der Waals surface area (Å²) in [6.45, 7) is 0.767. The summed E-state index contributed by atoms with van der Waals surface area (Å²) in [5.41, 5.74) is -2.20. The molecule has 9 heteroatoms. The number of alkyl halides is 3. The fraction of sp³-hybridized carbons (Fsp3) is 0.385. The molecular formula is C13H12F4O5. The van der Waals surface area contributed by atoms with E-state index in [-0.39, 0.29) is 12.7 Å². The molecule has 0 bridgehead atoms. The highest BCUT2D eigenvalue weighted by Gasteiger charge is 2.34. The van der Waals surface area contributed by atoms with Gasteiger partial charge in [-0.05, 0) is 19.1 Å². The van der Waals surface area contributed by atoms with Crippen LogP contribution < -0.4 is 4.74 Å². The molecule has 0 spiro atoms. The molecule has 0 heterocycles. The third-order valence-electron chi connectivity index (χ3n) is 2.42. The van der Waals surface area contributed by atoms with E-state index >= 15 is 0 Å². The van der Waals surface area contributed by atoms with Crippen LogP contribution in [0.5, 0.6) is 5.75 Å². The number of esters is 2. The van der Waals surface area contributed by atoms with E-state index in [1.807, 2.05) is 0 Å². The topological polar surface area (TPSA) is 61.8 Å². The quantitative estimate of drug-likeness (QED) is 0.615. The molecule has 0 aliphatic carbocycles. The van der Waals surface area contributed by atoms with Crippen LogP contribution in [0.3, 0.4) is 0 Å². The molecule has 0 amide bonds. The Hall–Kier alpha value is -2.32. The zero-order chi connectivity index (χ0) is 16.9. The minimum atomic E-state index is -4.85. The third-order valence-corrected chi connectivity index (χ3v) is 2.42. The Morgan fingerprint density at radius 2 is 1.86 bits per heavy atom. The van der Waals surface area contributed by atoms with Gasteiger partial charge in [-0.15, -0.1) is 0 Å². The molecule has 0 atom stereocenters. The first-order valence-electron chi connectivity index (χ1n) is 5.98. The number of carbonyl (C=O) groups excluding carboxylic acids is 2. The lowest BCUT2D eigenvalue weighted by molar-refractivity contribution is -0.145. The molecule has 1 aromatic carbocycles. The smallest absolute Gasteiger partial charge is 0.416 e. The van der Waals surface area contributed by atoms with Crippen molar-refractivity contribution in [1.29, 1.82) is 0 Å². The molecule has 0 fully saturated rings. The van der Waals surface area contributed by atoms with Crippen molar-refractivity contribution in [2.75, 3.05) is 20.3 Å². The number of rotatable bonds is 5. The van der Waals surface area contributed by atoms with Crippen molar-refractivity contribution in [1.82, 2.24) is 0 Å². The number of hydrogen-bond donors (Lipinski definition) is 0. The number of benzene rings is 1. The fourth-order valence-electron chi connectivity index (χ4n) is 1.50.